The molecule has 3 rings (SSSR count). The van der Waals surface area contributed by atoms with E-state index in [-0.39, 0.29) is 17.1 Å². The Morgan fingerprint density at radius 2 is 1.81 bits per heavy atom. The standard InChI is InChI=1S/C21H24N4OS/c1-15-9-5-8-12-18(15)25-14-22-24-20(25)27-13-19(26)23-17-11-7-6-10-16(17)21(2,3)4/h5-12,14H,13H2,1-4H3,(H,23,26). The van der Waals surface area contributed by atoms with Gasteiger partial charge in [-0.15, -0.1) is 10.2 Å². The Morgan fingerprint density at radius 3 is 2.56 bits per heavy atom. The third-order valence-electron chi connectivity index (χ3n) is 4.23. The van der Waals surface area contributed by atoms with E-state index >= 15 is 0 Å². The highest BCUT2D eigenvalue weighted by molar-refractivity contribution is 7.99. The summed E-state index contributed by atoms with van der Waals surface area (Å²) in [6.45, 7) is 8.45. The zero-order valence-electron chi connectivity index (χ0n) is 16.1. The van der Waals surface area contributed by atoms with Crippen LogP contribution in [0.2, 0.25) is 0 Å². The number of rotatable bonds is 5. The van der Waals surface area contributed by atoms with Gasteiger partial charge >= 0.3 is 0 Å². The third-order valence-corrected chi connectivity index (χ3v) is 5.18. The number of carbonyl (C=O) groups is 1. The first-order valence-electron chi connectivity index (χ1n) is 8.84. The molecule has 5 nitrogen and oxygen atoms in total. The maximum atomic E-state index is 12.5. The number of nitrogens with one attached hydrogen (secondary N) is 1. The molecule has 27 heavy (non-hydrogen) atoms. The van der Waals surface area contributed by atoms with E-state index in [1.165, 1.54) is 11.8 Å². The van der Waals surface area contributed by atoms with Crippen molar-refractivity contribution in [2.24, 2.45) is 0 Å². The minimum atomic E-state index is -0.0592. The van der Waals surface area contributed by atoms with E-state index < -0.39 is 0 Å². The van der Waals surface area contributed by atoms with E-state index in [2.05, 4.69) is 42.4 Å². The van der Waals surface area contributed by atoms with Crippen LogP contribution in [0, 0.1) is 6.92 Å². The lowest BCUT2D eigenvalue weighted by atomic mass is 9.86. The van der Waals surface area contributed by atoms with Crippen LogP contribution in [0.1, 0.15) is 31.9 Å². The number of benzene rings is 2. The fraction of sp³-hybridized carbons (Fsp3) is 0.286. The average Bonchev–Trinajstić information content (AvgIpc) is 3.08. The summed E-state index contributed by atoms with van der Waals surface area (Å²) in [7, 11) is 0. The molecule has 1 aromatic heterocycles. The van der Waals surface area contributed by atoms with Crippen molar-refractivity contribution in [3.05, 3.63) is 66.0 Å². The molecule has 2 aromatic carbocycles. The van der Waals surface area contributed by atoms with Gasteiger partial charge in [-0.3, -0.25) is 9.36 Å². The van der Waals surface area contributed by atoms with Gasteiger partial charge in [-0.25, -0.2) is 0 Å². The van der Waals surface area contributed by atoms with E-state index in [0.717, 1.165) is 22.5 Å². The zero-order valence-corrected chi connectivity index (χ0v) is 16.9. The van der Waals surface area contributed by atoms with Gasteiger partial charge in [-0.05, 0) is 35.6 Å². The number of anilines is 1. The molecule has 1 amide bonds. The molecule has 1 N–H and O–H groups in total. The number of carbonyl (C=O) groups excluding carboxylic acids is 1. The Morgan fingerprint density at radius 1 is 1.11 bits per heavy atom. The fourth-order valence-electron chi connectivity index (χ4n) is 2.88. The molecule has 0 spiro atoms. The molecule has 0 fully saturated rings. The fourth-order valence-corrected chi connectivity index (χ4v) is 3.61. The van der Waals surface area contributed by atoms with Gasteiger partial charge in [0, 0.05) is 5.69 Å². The van der Waals surface area contributed by atoms with Crippen LogP contribution in [0.15, 0.2) is 60.0 Å². The van der Waals surface area contributed by atoms with Crippen molar-refractivity contribution in [3.8, 4) is 5.69 Å². The number of aromatic nitrogens is 3. The lowest BCUT2D eigenvalue weighted by Crippen LogP contribution is -2.20. The largest absolute Gasteiger partial charge is 0.325 e. The summed E-state index contributed by atoms with van der Waals surface area (Å²) in [6.07, 6.45) is 1.68. The molecular formula is C21H24N4OS. The number of thioether (sulfide) groups is 1. The van der Waals surface area contributed by atoms with Crippen molar-refractivity contribution in [3.63, 3.8) is 0 Å². The zero-order chi connectivity index (χ0) is 19.4. The molecule has 3 aromatic rings. The van der Waals surface area contributed by atoms with Crippen molar-refractivity contribution in [1.29, 1.82) is 0 Å². The van der Waals surface area contributed by atoms with Crippen LogP contribution in [0.25, 0.3) is 5.69 Å². The molecule has 0 saturated carbocycles. The Hall–Kier alpha value is -2.60. The topological polar surface area (TPSA) is 59.8 Å². The van der Waals surface area contributed by atoms with Crippen LogP contribution in [-0.4, -0.2) is 26.4 Å². The van der Waals surface area contributed by atoms with Crippen molar-refractivity contribution in [2.45, 2.75) is 38.3 Å². The molecular weight excluding hydrogens is 356 g/mol. The first-order chi connectivity index (χ1) is 12.9. The first-order valence-corrected chi connectivity index (χ1v) is 9.83. The van der Waals surface area contributed by atoms with Gasteiger partial charge in [0.1, 0.15) is 6.33 Å². The van der Waals surface area contributed by atoms with Crippen molar-refractivity contribution in [2.75, 3.05) is 11.1 Å². The van der Waals surface area contributed by atoms with Gasteiger partial charge in [0.2, 0.25) is 5.91 Å². The summed E-state index contributed by atoms with van der Waals surface area (Å²) in [5.74, 6) is 0.208. The SMILES string of the molecule is Cc1ccccc1-n1cnnc1SCC(=O)Nc1ccccc1C(C)(C)C. The molecule has 0 aliphatic heterocycles. The van der Waals surface area contributed by atoms with Gasteiger partial charge in [-0.1, -0.05) is 68.9 Å². The maximum Gasteiger partial charge on any atom is 0.234 e. The predicted octanol–water partition coefficient (Wildman–Crippen LogP) is 4.60. The van der Waals surface area contributed by atoms with Gasteiger partial charge < -0.3 is 5.32 Å². The van der Waals surface area contributed by atoms with Gasteiger partial charge in [0.05, 0.1) is 11.4 Å². The molecule has 140 valence electrons. The molecule has 1 heterocycles. The summed E-state index contributed by atoms with van der Waals surface area (Å²) in [4.78, 5) is 12.5. The Bertz CT molecular complexity index is 943. The first kappa shape index (κ1) is 19.2. The van der Waals surface area contributed by atoms with Crippen LogP contribution in [0.5, 0.6) is 0 Å². The van der Waals surface area contributed by atoms with Gasteiger partial charge in [-0.2, -0.15) is 0 Å². The predicted molar refractivity (Wildman–Crippen MR) is 111 cm³/mol. The van der Waals surface area contributed by atoms with Crippen LogP contribution < -0.4 is 5.32 Å². The molecule has 0 atom stereocenters. The van der Waals surface area contributed by atoms with Crippen LogP contribution in [-0.2, 0) is 10.2 Å². The normalized spacial score (nSPS) is 11.4. The van der Waals surface area contributed by atoms with Crippen LogP contribution in [0.3, 0.4) is 0 Å². The number of amides is 1. The third kappa shape index (κ3) is 4.57. The highest BCUT2D eigenvalue weighted by Crippen LogP contribution is 2.29. The van der Waals surface area contributed by atoms with Crippen LogP contribution >= 0.6 is 11.8 Å². The molecule has 0 aliphatic rings. The number of nitrogens with zero attached hydrogens (tertiary/aromatic N) is 3. The van der Waals surface area contributed by atoms with E-state index in [0.29, 0.717) is 5.16 Å². The smallest absolute Gasteiger partial charge is 0.234 e. The summed E-state index contributed by atoms with van der Waals surface area (Å²) in [5.41, 5.74) is 4.08. The van der Waals surface area contributed by atoms with E-state index in [1.807, 2.05) is 54.0 Å². The number of para-hydroxylation sites is 2. The summed E-state index contributed by atoms with van der Waals surface area (Å²) < 4.78 is 1.91. The monoisotopic (exact) mass is 380 g/mol. The Labute approximate surface area is 164 Å². The summed E-state index contributed by atoms with van der Waals surface area (Å²) in [5, 5.41) is 11.9. The number of hydrogen-bond donors (Lipinski definition) is 1. The van der Waals surface area contributed by atoms with Crippen molar-refractivity contribution >= 4 is 23.4 Å². The number of hydrogen-bond acceptors (Lipinski definition) is 4. The summed E-state index contributed by atoms with van der Waals surface area (Å²) >= 11 is 1.38. The van der Waals surface area contributed by atoms with E-state index in [4.69, 9.17) is 0 Å². The number of aryl methyl sites for hydroxylation is 1. The molecule has 0 radical (unpaired) electrons. The quantitative estimate of drug-likeness (QED) is 0.657. The lowest BCUT2D eigenvalue weighted by molar-refractivity contribution is -0.113. The Balaban J connectivity index is 1.70. The van der Waals surface area contributed by atoms with Crippen LogP contribution in [0.4, 0.5) is 5.69 Å². The molecule has 0 unspecified atom stereocenters. The molecule has 0 saturated heterocycles. The molecule has 0 aliphatic carbocycles. The highest BCUT2D eigenvalue weighted by atomic mass is 32.2. The Kier molecular flexibility index (Phi) is 5.65. The van der Waals surface area contributed by atoms with Gasteiger partial charge in [0.15, 0.2) is 5.16 Å². The second-order valence-electron chi connectivity index (χ2n) is 7.40. The minimum Gasteiger partial charge on any atom is -0.325 e. The highest BCUT2D eigenvalue weighted by Gasteiger charge is 2.19. The second-order valence-corrected chi connectivity index (χ2v) is 8.34. The van der Waals surface area contributed by atoms with E-state index in [9.17, 15) is 4.79 Å². The minimum absolute atomic E-state index is 0.0397. The van der Waals surface area contributed by atoms with Crippen molar-refractivity contribution in [1.82, 2.24) is 14.8 Å². The second kappa shape index (κ2) is 7.96. The maximum absolute atomic E-state index is 12.5. The average molecular weight is 381 g/mol. The van der Waals surface area contributed by atoms with Gasteiger partial charge in [0.25, 0.3) is 0 Å². The summed E-state index contributed by atoms with van der Waals surface area (Å²) in [6, 6.07) is 16.0. The molecule has 0 bridgehead atoms. The lowest BCUT2D eigenvalue weighted by Gasteiger charge is -2.22. The van der Waals surface area contributed by atoms with Crippen molar-refractivity contribution < 1.29 is 4.79 Å². The molecule has 6 heteroatoms. The van der Waals surface area contributed by atoms with E-state index in [1.54, 1.807) is 6.33 Å².